The molecule has 0 aliphatic rings. The predicted octanol–water partition coefficient (Wildman–Crippen LogP) is 3.97. The molecule has 8 heteroatoms. The highest BCUT2D eigenvalue weighted by Gasteiger charge is 2.38. The highest BCUT2D eigenvalue weighted by atomic mass is 19.4. The van der Waals surface area contributed by atoms with Crippen LogP contribution in [0.3, 0.4) is 0 Å². The van der Waals surface area contributed by atoms with Gasteiger partial charge < -0.3 is 15.4 Å². The largest absolute Gasteiger partial charge is 0.494 e. The van der Waals surface area contributed by atoms with Gasteiger partial charge in [-0.2, -0.15) is 13.2 Å². The maximum absolute atomic E-state index is 12.2. The molecule has 0 radical (unpaired) electrons. The molecule has 2 aromatic rings. The molecule has 0 unspecified atom stereocenters. The Labute approximate surface area is 160 Å². The Morgan fingerprint density at radius 1 is 1.07 bits per heavy atom. The summed E-state index contributed by atoms with van der Waals surface area (Å²) in [4.78, 5) is 22.8. The van der Waals surface area contributed by atoms with Gasteiger partial charge in [-0.3, -0.25) is 9.59 Å². The minimum absolute atomic E-state index is 0.232. The van der Waals surface area contributed by atoms with Gasteiger partial charge >= 0.3 is 12.1 Å². The molecule has 2 rings (SSSR count). The molecule has 28 heavy (non-hydrogen) atoms. The van der Waals surface area contributed by atoms with E-state index in [1.165, 1.54) is 6.07 Å². The molecule has 0 saturated carbocycles. The van der Waals surface area contributed by atoms with E-state index in [1.807, 2.05) is 31.2 Å². The van der Waals surface area contributed by atoms with Gasteiger partial charge in [-0.15, -0.1) is 0 Å². The van der Waals surface area contributed by atoms with E-state index in [1.54, 1.807) is 23.5 Å². The third-order valence-electron chi connectivity index (χ3n) is 3.76. The van der Waals surface area contributed by atoms with Crippen LogP contribution in [0.15, 0.2) is 48.5 Å². The fraction of sp³-hybridized carbons (Fsp3) is 0.300. The van der Waals surface area contributed by atoms with E-state index in [2.05, 4.69) is 5.32 Å². The number of carbonyl (C=O) groups is 2. The summed E-state index contributed by atoms with van der Waals surface area (Å²) in [7, 11) is 0. The number of hydrogen-bond donors (Lipinski definition) is 2. The third kappa shape index (κ3) is 7.30. The molecule has 150 valence electrons. The van der Waals surface area contributed by atoms with Gasteiger partial charge in [0.1, 0.15) is 5.75 Å². The van der Waals surface area contributed by atoms with Crippen LogP contribution in [0.25, 0.3) is 0 Å². The van der Waals surface area contributed by atoms with Crippen molar-refractivity contribution in [3.63, 3.8) is 0 Å². The van der Waals surface area contributed by atoms with Crippen LogP contribution < -0.4 is 15.4 Å². The molecule has 0 atom stereocenters. The third-order valence-corrected chi connectivity index (χ3v) is 3.76. The summed E-state index contributed by atoms with van der Waals surface area (Å²) in [5.41, 5.74) is 2.02. The standard InChI is InChI=1S/C20H21F3N2O3/c1-14-7-9-17(10-8-14)28-11-3-6-18(26)25-16-5-2-4-15(12-16)13-24-19(27)20(21,22)23/h2,4-5,7-10,12H,3,6,11,13H2,1H3,(H,24,27)(H,25,26). The van der Waals surface area contributed by atoms with Gasteiger partial charge in [0.15, 0.2) is 0 Å². The summed E-state index contributed by atoms with van der Waals surface area (Å²) in [6.45, 7) is 2.08. The lowest BCUT2D eigenvalue weighted by atomic mass is 10.2. The first-order valence-electron chi connectivity index (χ1n) is 8.67. The lowest BCUT2D eigenvalue weighted by molar-refractivity contribution is -0.173. The quantitative estimate of drug-likeness (QED) is 0.666. The van der Waals surface area contributed by atoms with E-state index in [-0.39, 0.29) is 18.9 Å². The molecular weight excluding hydrogens is 373 g/mol. The van der Waals surface area contributed by atoms with Crippen molar-refractivity contribution >= 4 is 17.5 Å². The molecule has 5 nitrogen and oxygen atoms in total. The maximum Gasteiger partial charge on any atom is 0.471 e. The number of carbonyl (C=O) groups excluding carboxylic acids is 2. The van der Waals surface area contributed by atoms with Crippen LogP contribution in [-0.2, 0) is 16.1 Å². The number of aryl methyl sites for hydroxylation is 1. The Hall–Kier alpha value is -3.03. The average Bonchev–Trinajstić information content (AvgIpc) is 2.64. The van der Waals surface area contributed by atoms with E-state index < -0.39 is 12.1 Å². The first kappa shape index (κ1) is 21.3. The number of alkyl halides is 3. The van der Waals surface area contributed by atoms with E-state index in [0.29, 0.717) is 24.3 Å². The molecule has 2 amide bonds. The van der Waals surface area contributed by atoms with E-state index in [4.69, 9.17) is 4.74 Å². The van der Waals surface area contributed by atoms with Gasteiger partial charge in [-0.25, -0.2) is 0 Å². The predicted molar refractivity (Wildman–Crippen MR) is 98.9 cm³/mol. The zero-order valence-corrected chi connectivity index (χ0v) is 15.3. The Kier molecular flexibility index (Phi) is 7.43. The zero-order valence-electron chi connectivity index (χ0n) is 15.3. The molecule has 0 heterocycles. The smallest absolute Gasteiger partial charge is 0.471 e. The molecule has 0 aliphatic heterocycles. The Balaban J connectivity index is 1.74. The number of benzene rings is 2. The van der Waals surface area contributed by atoms with E-state index >= 15 is 0 Å². The minimum atomic E-state index is -4.92. The second-order valence-corrected chi connectivity index (χ2v) is 6.19. The second-order valence-electron chi connectivity index (χ2n) is 6.19. The average molecular weight is 394 g/mol. The van der Waals surface area contributed by atoms with Crippen molar-refractivity contribution in [1.29, 1.82) is 0 Å². The first-order valence-corrected chi connectivity index (χ1v) is 8.67. The van der Waals surface area contributed by atoms with Crippen LogP contribution in [0.2, 0.25) is 0 Å². The summed E-state index contributed by atoms with van der Waals surface area (Å²) in [6, 6.07) is 13.9. The Morgan fingerprint density at radius 3 is 2.46 bits per heavy atom. The number of rotatable bonds is 8. The molecular formula is C20H21F3N2O3. The Morgan fingerprint density at radius 2 is 1.79 bits per heavy atom. The van der Waals surface area contributed by atoms with Crippen LogP contribution in [0.5, 0.6) is 5.75 Å². The number of halogens is 3. The number of hydrogen-bond acceptors (Lipinski definition) is 3. The number of amides is 2. The Bertz CT molecular complexity index is 805. The zero-order chi connectivity index (χ0) is 20.6. The van der Waals surface area contributed by atoms with Crippen LogP contribution in [0.1, 0.15) is 24.0 Å². The van der Waals surface area contributed by atoms with Crippen molar-refractivity contribution in [2.75, 3.05) is 11.9 Å². The summed E-state index contributed by atoms with van der Waals surface area (Å²) in [5.74, 6) is -1.50. The maximum atomic E-state index is 12.2. The van der Waals surface area contributed by atoms with Crippen molar-refractivity contribution < 1.29 is 27.5 Å². The topological polar surface area (TPSA) is 67.4 Å². The molecule has 0 aliphatic carbocycles. The van der Waals surface area contributed by atoms with Gasteiger partial charge in [0.2, 0.25) is 5.91 Å². The van der Waals surface area contributed by atoms with E-state index in [9.17, 15) is 22.8 Å². The monoisotopic (exact) mass is 394 g/mol. The van der Waals surface area contributed by atoms with Crippen molar-refractivity contribution in [3.8, 4) is 5.75 Å². The van der Waals surface area contributed by atoms with Gasteiger partial charge in [0, 0.05) is 18.7 Å². The molecule has 0 saturated heterocycles. The molecule has 0 spiro atoms. The molecule has 0 aromatic heterocycles. The van der Waals surface area contributed by atoms with Crippen molar-refractivity contribution in [2.24, 2.45) is 0 Å². The summed E-state index contributed by atoms with van der Waals surface area (Å²) >= 11 is 0. The van der Waals surface area contributed by atoms with Crippen LogP contribution in [0, 0.1) is 6.92 Å². The van der Waals surface area contributed by atoms with Gasteiger partial charge in [-0.05, 0) is 43.2 Å². The van der Waals surface area contributed by atoms with Crippen LogP contribution >= 0.6 is 0 Å². The number of anilines is 1. The second kappa shape index (κ2) is 9.77. The van der Waals surface area contributed by atoms with Crippen LogP contribution in [-0.4, -0.2) is 24.6 Å². The SMILES string of the molecule is Cc1ccc(OCCCC(=O)Nc2cccc(CNC(=O)C(F)(F)F)c2)cc1. The van der Waals surface area contributed by atoms with Gasteiger partial charge in [0.05, 0.1) is 6.61 Å². The lowest BCUT2D eigenvalue weighted by Crippen LogP contribution is -2.36. The summed E-state index contributed by atoms with van der Waals surface area (Å²) in [5, 5.41) is 4.46. The number of ether oxygens (including phenoxy) is 1. The fourth-order valence-corrected chi connectivity index (χ4v) is 2.32. The van der Waals surface area contributed by atoms with Crippen LogP contribution in [0.4, 0.5) is 18.9 Å². The normalized spacial score (nSPS) is 11.0. The summed E-state index contributed by atoms with van der Waals surface area (Å²) < 4.78 is 42.1. The molecule has 2 aromatic carbocycles. The minimum Gasteiger partial charge on any atom is -0.494 e. The van der Waals surface area contributed by atoms with Crippen molar-refractivity contribution in [2.45, 2.75) is 32.5 Å². The fourth-order valence-electron chi connectivity index (χ4n) is 2.32. The number of nitrogens with one attached hydrogen (secondary N) is 2. The highest BCUT2D eigenvalue weighted by molar-refractivity contribution is 5.90. The van der Waals surface area contributed by atoms with Gasteiger partial charge in [0.25, 0.3) is 0 Å². The molecule has 2 N–H and O–H groups in total. The first-order chi connectivity index (χ1) is 13.2. The summed E-state index contributed by atoms with van der Waals surface area (Å²) in [6.07, 6.45) is -4.17. The van der Waals surface area contributed by atoms with Gasteiger partial charge in [-0.1, -0.05) is 29.8 Å². The van der Waals surface area contributed by atoms with Crippen molar-refractivity contribution in [3.05, 3.63) is 59.7 Å². The van der Waals surface area contributed by atoms with E-state index in [0.717, 1.165) is 11.3 Å². The van der Waals surface area contributed by atoms with Crippen molar-refractivity contribution in [1.82, 2.24) is 5.32 Å². The molecule has 0 bridgehead atoms. The highest BCUT2D eigenvalue weighted by Crippen LogP contribution is 2.16. The molecule has 0 fully saturated rings. The lowest BCUT2D eigenvalue weighted by Gasteiger charge is -2.10.